The molecule has 124 valence electrons. The highest BCUT2D eigenvalue weighted by Gasteiger charge is 2.21. The first-order valence-corrected chi connectivity index (χ1v) is 7.79. The van der Waals surface area contributed by atoms with Crippen molar-refractivity contribution in [2.75, 3.05) is 31.1 Å². The molecule has 1 saturated heterocycles. The van der Waals surface area contributed by atoms with E-state index in [2.05, 4.69) is 9.88 Å². The summed E-state index contributed by atoms with van der Waals surface area (Å²) in [4.78, 5) is 30.7. The number of piperazine rings is 1. The number of hydrogen-bond donors (Lipinski definition) is 0. The fraction of sp³-hybridized carbons (Fsp3) is 0.294. The Morgan fingerprint density at radius 2 is 1.67 bits per heavy atom. The van der Waals surface area contributed by atoms with Crippen molar-refractivity contribution in [3.8, 4) is 0 Å². The third-order valence-corrected chi connectivity index (χ3v) is 4.16. The van der Waals surface area contributed by atoms with Crippen molar-refractivity contribution in [1.82, 2.24) is 9.88 Å². The minimum absolute atomic E-state index is 0.0390. The zero-order valence-electron chi connectivity index (χ0n) is 13.2. The Morgan fingerprint density at radius 1 is 1.04 bits per heavy atom. The molecule has 3 rings (SSSR count). The van der Waals surface area contributed by atoms with Gasteiger partial charge in [-0.25, -0.2) is 0 Å². The second-order valence-corrected chi connectivity index (χ2v) is 5.67. The highest BCUT2D eigenvalue weighted by Crippen LogP contribution is 2.16. The number of nitrogens with zero attached hydrogens (tertiary/aromatic N) is 4. The Hall–Kier alpha value is -2.96. The maximum Gasteiger partial charge on any atom is 0.269 e. The molecule has 2 aromatic rings. The molecule has 1 aromatic carbocycles. The topological polar surface area (TPSA) is 79.6 Å². The van der Waals surface area contributed by atoms with Crippen LogP contribution in [0.5, 0.6) is 0 Å². The minimum atomic E-state index is -0.441. The molecule has 1 fully saturated rings. The summed E-state index contributed by atoms with van der Waals surface area (Å²) in [6.07, 6.45) is 3.80. The van der Waals surface area contributed by atoms with Gasteiger partial charge >= 0.3 is 0 Å². The van der Waals surface area contributed by atoms with Crippen LogP contribution < -0.4 is 4.90 Å². The largest absolute Gasteiger partial charge is 0.368 e. The second-order valence-electron chi connectivity index (χ2n) is 5.67. The van der Waals surface area contributed by atoms with E-state index < -0.39 is 4.92 Å². The Morgan fingerprint density at radius 3 is 2.25 bits per heavy atom. The van der Waals surface area contributed by atoms with Crippen LogP contribution in [-0.2, 0) is 11.2 Å². The number of amides is 1. The zero-order valence-corrected chi connectivity index (χ0v) is 13.2. The average molecular weight is 326 g/mol. The molecule has 0 saturated carbocycles. The van der Waals surface area contributed by atoms with Gasteiger partial charge in [-0.05, 0) is 17.7 Å². The second kappa shape index (κ2) is 7.08. The smallest absolute Gasteiger partial charge is 0.269 e. The lowest BCUT2D eigenvalue weighted by molar-refractivity contribution is -0.384. The number of rotatable bonds is 4. The predicted octanol–water partition coefficient (Wildman–Crippen LogP) is 1.88. The lowest BCUT2D eigenvalue weighted by Crippen LogP contribution is -2.49. The fourth-order valence-electron chi connectivity index (χ4n) is 2.79. The van der Waals surface area contributed by atoms with Gasteiger partial charge in [0.1, 0.15) is 0 Å². The summed E-state index contributed by atoms with van der Waals surface area (Å²) >= 11 is 0. The van der Waals surface area contributed by atoms with Crippen molar-refractivity contribution in [2.45, 2.75) is 6.42 Å². The third-order valence-electron chi connectivity index (χ3n) is 4.16. The van der Waals surface area contributed by atoms with E-state index in [1.54, 1.807) is 24.5 Å². The lowest BCUT2D eigenvalue weighted by atomic mass is 10.1. The summed E-state index contributed by atoms with van der Waals surface area (Å²) in [5.41, 5.74) is 1.95. The van der Waals surface area contributed by atoms with Crippen molar-refractivity contribution in [3.05, 3.63) is 64.5 Å². The molecule has 0 spiro atoms. The lowest BCUT2D eigenvalue weighted by Gasteiger charge is -2.36. The Bertz CT molecular complexity index is 710. The van der Waals surface area contributed by atoms with E-state index in [1.807, 2.05) is 17.0 Å². The number of nitro benzene ring substituents is 1. The average Bonchev–Trinajstić information content (AvgIpc) is 2.63. The molecule has 1 aliphatic heterocycles. The quantitative estimate of drug-likeness (QED) is 0.633. The molecule has 1 amide bonds. The first kappa shape index (κ1) is 15.9. The molecule has 0 unspecified atom stereocenters. The van der Waals surface area contributed by atoms with Crippen LogP contribution in [0.2, 0.25) is 0 Å². The third kappa shape index (κ3) is 3.68. The molecule has 0 bridgehead atoms. The van der Waals surface area contributed by atoms with E-state index in [9.17, 15) is 14.9 Å². The van der Waals surface area contributed by atoms with Crippen LogP contribution in [0.3, 0.4) is 0 Å². The molecule has 0 aliphatic carbocycles. The first-order chi connectivity index (χ1) is 11.6. The van der Waals surface area contributed by atoms with E-state index >= 15 is 0 Å². The Labute approximate surface area is 139 Å². The van der Waals surface area contributed by atoms with E-state index in [4.69, 9.17) is 0 Å². The number of carbonyl (C=O) groups is 1. The van der Waals surface area contributed by atoms with Gasteiger partial charge in [0.2, 0.25) is 5.91 Å². The van der Waals surface area contributed by atoms with Crippen molar-refractivity contribution in [2.24, 2.45) is 0 Å². The first-order valence-electron chi connectivity index (χ1n) is 7.79. The summed E-state index contributed by atoms with van der Waals surface area (Å²) in [7, 11) is 0. The molecular formula is C17H18N4O3. The standard InChI is InChI=1S/C17H18N4O3/c22-17(13-14-1-3-16(4-2-14)21(23)24)20-11-9-19(10-12-20)15-5-7-18-8-6-15/h1-8H,9-13H2. The van der Waals surface area contributed by atoms with Gasteiger partial charge in [0.25, 0.3) is 5.69 Å². The van der Waals surface area contributed by atoms with Crippen LogP contribution in [0.15, 0.2) is 48.8 Å². The summed E-state index contributed by atoms with van der Waals surface area (Å²) in [6.45, 7) is 2.92. The van der Waals surface area contributed by atoms with Gasteiger partial charge in [-0.3, -0.25) is 19.9 Å². The molecule has 7 nitrogen and oxygen atoms in total. The summed E-state index contributed by atoms with van der Waals surface area (Å²) in [5, 5.41) is 10.7. The van der Waals surface area contributed by atoms with Gasteiger partial charge in [0.15, 0.2) is 0 Å². The molecule has 2 heterocycles. The fourth-order valence-corrected chi connectivity index (χ4v) is 2.79. The van der Waals surface area contributed by atoms with Crippen molar-refractivity contribution < 1.29 is 9.72 Å². The van der Waals surface area contributed by atoms with Gasteiger partial charge in [0.05, 0.1) is 11.3 Å². The molecule has 1 aromatic heterocycles. The number of carbonyl (C=O) groups excluding carboxylic acids is 1. The highest BCUT2D eigenvalue weighted by molar-refractivity contribution is 5.79. The maximum atomic E-state index is 12.4. The summed E-state index contributed by atoms with van der Waals surface area (Å²) < 4.78 is 0. The predicted molar refractivity (Wildman–Crippen MR) is 89.8 cm³/mol. The molecule has 24 heavy (non-hydrogen) atoms. The molecular weight excluding hydrogens is 308 g/mol. The monoisotopic (exact) mass is 326 g/mol. The van der Waals surface area contributed by atoms with Crippen molar-refractivity contribution in [3.63, 3.8) is 0 Å². The molecule has 0 atom stereocenters. The molecule has 0 radical (unpaired) electrons. The number of anilines is 1. The summed E-state index contributed by atoms with van der Waals surface area (Å²) in [6, 6.07) is 10.1. The van der Waals surface area contributed by atoms with Crippen LogP contribution in [-0.4, -0.2) is 46.9 Å². The normalized spacial score (nSPS) is 14.5. The Balaban J connectivity index is 1.54. The van der Waals surface area contributed by atoms with Crippen LogP contribution >= 0.6 is 0 Å². The van der Waals surface area contributed by atoms with Gasteiger partial charge in [-0.1, -0.05) is 12.1 Å². The summed E-state index contributed by atoms with van der Waals surface area (Å²) in [5.74, 6) is 0.0539. The van der Waals surface area contributed by atoms with E-state index in [1.165, 1.54) is 12.1 Å². The van der Waals surface area contributed by atoms with Gasteiger partial charge in [0, 0.05) is 56.4 Å². The van der Waals surface area contributed by atoms with E-state index in [-0.39, 0.29) is 18.0 Å². The highest BCUT2D eigenvalue weighted by atomic mass is 16.6. The van der Waals surface area contributed by atoms with E-state index in [0.717, 1.165) is 24.3 Å². The van der Waals surface area contributed by atoms with Crippen LogP contribution in [0.1, 0.15) is 5.56 Å². The number of aromatic nitrogens is 1. The van der Waals surface area contributed by atoms with Gasteiger partial charge in [-0.2, -0.15) is 0 Å². The van der Waals surface area contributed by atoms with Gasteiger partial charge < -0.3 is 9.80 Å². The Kier molecular flexibility index (Phi) is 4.69. The number of hydrogen-bond acceptors (Lipinski definition) is 5. The minimum Gasteiger partial charge on any atom is -0.368 e. The number of pyridine rings is 1. The zero-order chi connectivity index (χ0) is 16.9. The van der Waals surface area contributed by atoms with Crippen LogP contribution in [0, 0.1) is 10.1 Å². The number of benzene rings is 1. The molecule has 7 heteroatoms. The SMILES string of the molecule is O=C(Cc1ccc([N+](=O)[O-])cc1)N1CCN(c2ccncc2)CC1. The molecule has 1 aliphatic rings. The number of non-ortho nitro benzene ring substituents is 1. The van der Waals surface area contributed by atoms with Crippen molar-refractivity contribution in [1.29, 1.82) is 0 Å². The van der Waals surface area contributed by atoms with Crippen LogP contribution in [0.25, 0.3) is 0 Å². The maximum absolute atomic E-state index is 12.4. The number of nitro groups is 1. The van der Waals surface area contributed by atoms with Crippen LogP contribution in [0.4, 0.5) is 11.4 Å². The van der Waals surface area contributed by atoms with Gasteiger partial charge in [-0.15, -0.1) is 0 Å². The molecule has 0 N–H and O–H groups in total. The van der Waals surface area contributed by atoms with Crippen molar-refractivity contribution >= 4 is 17.3 Å². The van der Waals surface area contributed by atoms with E-state index in [0.29, 0.717) is 13.1 Å².